The standard InChI is InChI=1S/C44H52FN5O8S/c1-57-32-14-17-35-37(23-32)46-36(28-10-7-5-8-11-28)25-39(35)58-33-24-38-41(52)47-44(43(54)48-59(55,56)34-15-16-34)26-30(44)13-9-4-2-3-6-12-29(42(53)50(38)27-33)22-40(51)49-20-18-31(45)19-21-49/h5,7-11,13-14,17,23,25,29-31,33-34,38H,2-4,6,12,15-16,18-22,24,26-27H2,1H3,(H,47,52)(H,48,54)/b13-9-/t29-,30-,33-,38+,44-/m1/s1. The molecule has 3 aliphatic heterocycles. The Balaban J connectivity index is 1.12. The Morgan fingerprint density at radius 2 is 1.78 bits per heavy atom. The number of rotatable bonds is 9. The first kappa shape index (κ1) is 40.7. The van der Waals surface area contributed by atoms with Gasteiger partial charge in [-0.3, -0.25) is 23.9 Å². The van der Waals surface area contributed by atoms with Crippen molar-refractivity contribution in [1.29, 1.82) is 0 Å². The number of piperidine rings is 1. The quantitative estimate of drug-likeness (QED) is 0.275. The third-order valence-electron chi connectivity index (χ3n) is 12.5. The third-order valence-corrected chi connectivity index (χ3v) is 14.3. The normalized spacial score (nSPS) is 27.4. The van der Waals surface area contributed by atoms with Crippen LogP contribution < -0.4 is 19.5 Å². The van der Waals surface area contributed by atoms with Crippen molar-refractivity contribution in [3.05, 3.63) is 66.7 Å². The average Bonchev–Trinajstić information content (AvgIpc) is 4.16. The lowest BCUT2D eigenvalue weighted by Crippen LogP contribution is -2.57. The minimum atomic E-state index is -3.91. The molecule has 4 amide bonds. The van der Waals surface area contributed by atoms with Crippen molar-refractivity contribution >= 4 is 44.6 Å². The number of amides is 4. The lowest BCUT2D eigenvalue weighted by Gasteiger charge is -2.32. The second-order valence-corrected chi connectivity index (χ2v) is 18.7. The number of fused-ring (bicyclic) bond motifs is 3. The first-order valence-corrected chi connectivity index (χ1v) is 22.5. The monoisotopic (exact) mass is 829 g/mol. The lowest BCUT2D eigenvalue weighted by atomic mass is 9.94. The van der Waals surface area contributed by atoms with Gasteiger partial charge >= 0.3 is 0 Å². The van der Waals surface area contributed by atoms with E-state index in [2.05, 4.69) is 10.0 Å². The first-order chi connectivity index (χ1) is 28.4. The van der Waals surface area contributed by atoms with Gasteiger partial charge in [-0.1, -0.05) is 55.3 Å². The molecule has 2 aromatic carbocycles. The number of carbonyl (C=O) groups is 4. The van der Waals surface area contributed by atoms with E-state index in [9.17, 15) is 32.0 Å². The molecule has 3 aromatic rings. The number of ether oxygens (including phenoxy) is 2. The average molecular weight is 830 g/mol. The van der Waals surface area contributed by atoms with E-state index in [1.165, 1.54) is 4.90 Å². The molecule has 59 heavy (non-hydrogen) atoms. The number of methoxy groups -OCH3 is 1. The fourth-order valence-corrected chi connectivity index (χ4v) is 10.1. The van der Waals surface area contributed by atoms with Crippen LogP contribution in [0.25, 0.3) is 22.2 Å². The van der Waals surface area contributed by atoms with Gasteiger partial charge in [0.2, 0.25) is 27.7 Å². The van der Waals surface area contributed by atoms with Gasteiger partial charge in [0.15, 0.2) is 0 Å². The minimum absolute atomic E-state index is 0.0219. The molecule has 2 saturated heterocycles. The number of carbonyl (C=O) groups excluding carboxylic acids is 4. The van der Waals surface area contributed by atoms with Crippen molar-refractivity contribution in [2.75, 3.05) is 26.7 Å². The summed E-state index contributed by atoms with van der Waals surface area (Å²) in [7, 11) is -2.33. The van der Waals surface area contributed by atoms with E-state index in [0.717, 1.165) is 18.4 Å². The Kier molecular flexibility index (Phi) is 11.7. The predicted octanol–water partition coefficient (Wildman–Crippen LogP) is 5.23. The van der Waals surface area contributed by atoms with Crippen LogP contribution in [0, 0.1) is 11.8 Å². The summed E-state index contributed by atoms with van der Waals surface area (Å²) < 4.78 is 54.4. The van der Waals surface area contributed by atoms with E-state index >= 15 is 0 Å². The topological polar surface area (TPSA) is 164 Å². The van der Waals surface area contributed by atoms with E-state index in [4.69, 9.17) is 14.5 Å². The maximum absolute atomic E-state index is 14.8. The molecular formula is C44H52FN5O8S. The highest BCUT2D eigenvalue weighted by atomic mass is 32.2. The van der Waals surface area contributed by atoms with Crippen LogP contribution in [-0.4, -0.2) is 103 Å². The highest BCUT2D eigenvalue weighted by molar-refractivity contribution is 7.91. The van der Waals surface area contributed by atoms with E-state index in [1.54, 1.807) is 18.1 Å². The molecule has 2 saturated carbocycles. The number of sulfonamides is 1. The number of hydrogen-bond donors (Lipinski definition) is 2. The SMILES string of the molecule is COc1ccc2c(O[C@@H]3C[C@H]4C(=O)N[C@]5(C(=O)NS(=O)(=O)C6CC6)C[C@H]5/C=C\CCCCC[C@H](CC(=O)N5CCC(F)CC5)C(=O)N4C3)cc(-c3ccccc3)nc2c1. The second-order valence-electron chi connectivity index (χ2n) is 16.7. The van der Waals surface area contributed by atoms with E-state index in [-0.39, 0.29) is 63.6 Å². The van der Waals surface area contributed by atoms with Gasteiger partial charge in [0.1, 0.15) is 35.4 Å². The van der Waals surface area contributed by atoms with Crippen LogP contribution in [0.5, 0.6) is 11.5 Å². The van der Waals surface area contributed by atoms with Crippen LogP contribution >= 0.6 is 0 Å². The third kappa shape index (κ3) is 8.95. The van der Waals surface area contributed by atoms with Gasteiger partial charge < -0.3 is 24.6 Å². The van der Waals surface area contributed by atoms with Crippen molar-refractivity contribution in [3.8, 4) is 22.8 Å². The molecule has 0 spiro atoms. The number of hydrogen-bond acceptors (Lipinski definition) is 9. The number of nitrogens with one attached hydrogen (secondary N) is 2. The molecule has 314 valence electrons. The van der Waals surface area contributed by atoms with E-state index in [0.29, 0.717) is 60.2 Å². The van der Waals surface area contributed by atoms with Gasteiger partial charge in [0.25, 0.3) is 5.91 Å². The smallest absolute Gasteiger partial charge is 0.259 e. The van der Waals surface area contributed by atoms with Crippen LogP contribution in [0.1, 0.15) is 77.0 Å². The first-order valence-electron chi connectivity index (χ1n) is 20.9. The molecule has 0 bridgehead atoms. The van der Waals surface area contributed by atoms with E-state index in [1.807, 2.05) is 60.7 Å². The molecule has 2 aliphatic carbocycles. The molecule has 2 N–H and O–H groups in total. The molecule has 15 heteroatoms. The Morgan fingerprint density at radius 3 is 2.53 bits per heavy atom. The number of pyridine rings is 1. The zero-order valence-electron chi connectivity index (χ0n) is 33.3. The number of benzene rings is 2. The van der Waals surface area contributed by atoms with Crippen LogP contribution in [0.2, 0.25) is 0 Å². The summed E-state index contributed by atoms with van der Waals surface area (Å²) in [6.45, 7) is 0.598. The van der Waals surface area contributed by atoms with Gasteiger partial charge in [-0.2, -0.15) is 0 Å². The van der Waals surface area contributed by atoms with Crippen molar-refractivity contribution in [1.82, 2.24) is 24.8 Å². The summed E-state index contributed by atoms with van der Waals surface area (Å²) in [5, 5.41) is 2.99. The minimum Gasteiger partial charge on any atom is -0.497 e. The summed E-state index contributed by atoms with van der Waals surface area (Å²) in [6.07, 6.45) is 7.27. The van der Waals surface area contributed by atoms with Gasteiger partial charge in [-0.15, -0.1) is 0 Å². The number of nitrogens with zero attached hydrogens (tertiary/aromatic N) is 3. The number of allylic oxidation sites excluding steroid dienone is 1. The van der Waals surface area contributed by atoms with Gasteiger partial charge in [0, 0.05) is 60.8 Å². The second kappa shape index (κ2) is 16.9. The number of likely N-dealkylation sites (tertiary alicyclic amines) is 1. The van der Waals surface area contributed by atoms with Crippen LogP contribution in [0.4, 0.5) is 4.39 Å². The molecule has 13 nitrogen and oxygen atoms in total. The summed E-state index contributed by atoms with van der Waals surface area (Å²) in [4.78, 5) is 65.0. The van der Waals surface area contributed by atoms with E-state index < -0.39 is 62.8 Å². The summed E-state index contributed by atoms with van der Waals surface area (Å²) in [5.41, 5.74) is 0.631. The maximum atomic E-state index is 14.8. The molecule has 0 unspecified atom stereocenters. The Morgan fingerprint density at radius 1 is 1.00 bits per heavy atom. The summed E-state index contributed by atoms with van der Waals surface area (Å²) >= 11 is 0. The fraction of sp³-hybridized carbons (Fsp3) is 0.523. The van der Waals surface area contributed by atoms with Crippen molar-refractivity contribution < 1.29 is 41.5 Å². The molecule has 0 radical (unpaired) electrons. The van der Waals surface area contributed by atoms with Crippen LogP contribution in [0.3, 0.4) is 0 Å². The highest BCUT2D eigenvalue weighted by Crippen LogP contribution is 2.46. The Bertz CT molecular complexity index is 2230. The molecule has 1 aromatic heterocycles. The molecule has 4 heterocycles. The van der Waals surface area contributed by atoms with Gasteiger partial charge in [-0.05, 0) is 63.5 Å². The van der Waals surface area contributed by atoms with Crippen molar-refractivity contribution in [2.45, 2.75) is 106 Å². The van der Waals surface area contributed by atoms with Gasteiger partial charge in [0.05, 0.1) is 30.1 Å². The van der Waals surface area contributed by atoms with Crippen molar-refractivity contribution in [2.24, 2.45) is 11.8 Å². The molecule has 4 fully saturated rings. The lowest BCUT2D eigenvalue weighted by molar-refractivity contribution is -0.146. The number of alkyl halides is 1. The predicted molar refractivity (Wildman–Crippen MR) is 218 cm³/mol. The molecule has 5 aliphatic rings. The zero-order chi connectivity index (χ0) is 41.3. The highest BCUT2D eigenvalue weighted by Gasteiger charge is 2.62. The molecule has 5 atom stereocenters. The Labute approximate surface area is 344 Å². The summed E-state index contributed by atoms with van der Waals surface area (Å²) in [5.74, 6) is -2.03. The van der Waals surface area contributed by atoms with Crippen LogP contribution in [0.15, 0.2) is 66.7 Å². The largest absolute Gasteiger partial charge is 0.497 e. The number of halogens is 1. The zero-order valence-corrected chi connectivity index (χ0v) is 34.1. The summed E-state index contributed by atoms with van der Waals surface area (Å²) in [6, 6.07) is 15.9. The fourth-order valence-electron chi connectivity index (χ4n) is 8.75. The molecule has 8 rings (SSSR count). The maximum Gasteiger partial charge on any atom is 0.259 e. The Hall–Kier alpha value is -5.05. The number of aromatic nitrogens is 1. The van der Waals surface area contributed by atoms with Crippen molar-refractivity contribution in [3.63, 3.8) is 0 Å². The van der Waals surface area contributed by atoms with Crippen LogP contribution in [-0.2, 0) is 29.2 Å². The van der Waals surface area contributed by atoms with Gasteiger partial charge in [-0.25, -0.2) is 17.8 Å². The molecular weight excluding hydrogens is 778 g/mol.